The quantitative estimate of drug-likeness (QED) is 0.488. The Kier molecular flexibility index (Phi) is 8.94. The van der Waals surface area contributed by atoms with Crippen LogP contribution >= 0.6 is 0 Å². The number of aliphatic carboxylic acids is 1. The van der Waals surface area contributed by atoms with E-state index < -0.39 is 47.6 Å². The van der Waals surface area contributed by atoms with Crippen LogP contribution in [0.5, 0.6) is 0 Å². The van der Waals surface area contributed by atoms with Gasteiger partial charge in [-0.15, -0.1) is 6.58 Å². The zero-order chi connectivity index (χ0) is 28.2. The van der Waals surface area contributed by atoms with Crippen LogP contribution in [0.2, 0.25) is 0 Å². The van der Waals surface area contributed by atoms with Crippen molar-refractivity contribution in [2.45, 2.75) is 82.7 Å². The van der Waals surface area contributed by atoms with Crippen LogP contribution in [-0.4, -0.2) is 70.8 Å². The molecular weight excluding hydrogens is 502 g/mol. The van der Waals surface area contributed by atoms with Crippen molar-refractivity contribution in [3.05, 3.63) is 48.0 Å². The first-order valence-corrected chi connectivity index (χ1v) is 13.8. The summed E-state index contributed by atoms with van der Waals surface area (Å²) in [7, 11) is 0. The molecule has 0 unspecified atom stereocenters. The molecule has 3 amide bonds. The molecule has 4 bridgehead atoms. The number of nitrogens with zero attached hydrogens (tertiary/aromatic N) is 1. The van der Waals surface area contributed by atoms with Gasteiger partial charge in [0.1, 0.15) is 17.6 Å². The minimum absolute atomic E-state index is 0.140. The third kappa shape index (κ3) is 6.61. The van der Waals surface area contributed by atoms with E-state index in [1.807, 2.05) is 12.1 Å². The molecule has 1 saturated heterocycles. The molecule has 1 aromatic rings. The highest BCUT2D eigenvalue weighted by atomic mass is 16.5. The number of amides is 3. The van der Waals surface area contributed by atoms with Crippen LogP contribution in [0.4, 0.5) is 4.79 Å². The van der Waals surface area contributed by atoms with Crippen LogP contribution in [0.15, 0.2) is 36.9 Å². The monoisotopic (exact) mass is 541 g/mol. The van der Waals surface area contributed by atoms with Crippen LogP contribution in [0.25, 0.3) is 0 Å². The fourth-order valence-corrected chi connectivity index (χ4v) is 5.45. The van der Waals surface area contributed by atoms with Crippen molar-refractivity contribution in [2.24, 2.45) is 11.8 Å². The van der Waals surface area contributed by atoms with Crippen molar-refractivity contribution in [1.29, 1.82) is 0 Å². The Labute approximate surface area is 229 Å². The van der Waals surface area contributed by atoms with Crippen LogP contribution < -0.4 is 10.6 Å². The number of rotatable bonds is 5. The number of nitrogens with one attached hydrogen (secondary N) is 2. The fourth-order valence-electron chi connectivity index (χ4n) is 5.45. The molecule has 4 rings (SSSR count). The second-order valence-electron chi connectivity index (χ2n) is 11.1. The zero-order valence-electron chi connectivity index (χ0n) is 22.7. The number of fused-ring (bicyclic) bond motifs is 4. The molecule has 3 N–H and O–H groups in total. The molecule has 0 aromatic heterocycles. The molecule has 2 aliphatic heterocycles. The first kappa shape index (κ1) is 28.6. The van der Waals surface area contributed by atoms with Gasteiger partial charge in [-0.2, -0.15) is 0 Å². The van der Waals surface area contributed by atoms with Crippen molar-refractivity contribution in [1.82, 2.24) is 15.5 Å². The number of carbonyl (C=O) groups excluding carboxylic acids is 3. The van der Waals surface area contributed by atoms with Gasteiger partial charge in [-0.1, -0.05) is 44.2 Å². The molecule has 10 heteroatoms. The lowest BCUT2D eigenvalue weighted by atomic mass is 10.0. The molecule has 2 fully saturated rings. The molecule has 2 heterocycles. The number of carboxylic acids is 1. The van der Waals surface area contributed by atoms with Gasteiger partial charge in [0.25, 0.3) is 0 Å². The van der Waals surface area contributed by atoms with Gasteiger partial charge in [-0.3, -0.25) is 9.59 Å². The molecule has 5 atom stereocenters. The van der Waals surface area contributed by atoms with Crippen LogP contribution in [0.3, 0.4) is 0 Å². The van der Waals surface area contributed by atoms with Gasteiger partial charge in [0, 0.05) is 18.9 Å². The van der Waals surface area contributed by atoms with Crippen molar-refractivity contribution >= 4 is 23.9 Å². The van der Waals surface area contributed by atoms with Gasteiger partial charge in [-0.05, 0) is 49.1 Å². The fraction of sp³-hybridized carbons (Fsp3) is 0.586. The summed E-state index contributed by atoms with van der Waals surface area (Å²) in [6.07, 6.45) is 4.33. The van der Waals surface area contributed by atoms with Gasteiger partial charge in [0.15, 0.2) is 0 Å². The van der Waals surface area contributed by atoms with E-state index in [4.69, 9.17) is 9.47 Å². The van der Waals surface area contributed by atoms with E-state index in [-0.39, 0.29) is 37.8 Å². The summed E-state index contributed by atoms with van der Waals surface area (Å²) in [5.41, 5.74) is 0.779. The Morgan fingerprint density at radius 3 is 2.69 bits per heavy atom. The summed E-state index contributed by atoms with van der Waals surface area (Å²) in [4.78, 5) is 53.2. The molecular formula is C29H39N3O7. The summed E-state index contributed by atoms with van der Waals surface area (Å²) in [5, 5.41) is 15.1. The Bertz CT molecular complexity index is 1110. The lowest BCUT2D eigenvalue weighted by Crippen LogP contribution is -2.57. The highest BCUT2D eigenvalue weighted by Gasteiger charge is 2.61. The second-order valence-corrected chi connectivity index (χ2v) is 11.1. The number of benzene rings is 1. The number of cyclic esters (lactones) is 1. The van der Waals surface area contributed by atoms with E-state index in [9.17, 15) is 24.3 Å². The lowest BCUT2D eigenvalue weighted by Gasteiger charge is -2.30. The number of aryl methyl sites for hydroxylation is 1. The smallest absolute Gasteiger partial charge is 0.407 e. The minimum Gasteiger partial charge on any atom is -0.479 e. The van der Waals surface area contributed by atoms with Crippen LogP contribution in [0, 0.1) is 11.8 Å². The SMILES string of the molecule is C=C[C@H]1C[C@]1(NC(=O)[C@@H]1C[C@@H]2CN1C(=O)[C@H](C(C)C)NC(=O)OCCCCCc1cccc(c1)CO2)C(=O)O. The summed E-state index contributed by atoms with van der Waals surface area (Å²) < 4.78 is 11.5. The Morgan fingerprint density at radius 2 is 2.00 bits per heavy atom. The van der Waals surface area contributed by atoms with E-state index in [0.29, 0.717) is 13.0 Å². The van der Waals surface area contributed by atoms with Crippen molar-refractivity contribution in [3.8, 4) is 0 Å². The number of alkyl carbamates (subject to hydrolysis) is 1. The molecule has 212 valence electrons. The van der Waals surface area contributed by atoms with Gasteiger partial charge in [-0.25, -0.2) is 9.59 Å². The predicted molar refractivity (Wildman–Crippen MR) is 143 cm³/mol. The maximum atomic E-state index is 13.8. The number of hydrogen-bond donors (Lipinski definition) is 3. The zero-order valence-corrected chi connectivity index (χ0v) is 22.7. The molecule has 39 heavy (non-hydrogen) atoms. The van der Waals surface area contributed by atoms with Gasteiger partial charge in [0.05, 0.1) is 19.3 Å². The first-order chi connectivity index (χ1) is 18.6. The van der Waals surface area contributed by atoms with Crippen LogP contribution in [-0.2, 0) is 36.9 Å². The third-order valence-corrected chi connectivity index (χ3v) is 7.90. The molecule has 1 aromatic carbocycles. The maximum Gasteiger partial charge on any atom is 0.407 e. The van der Waals surface area contributed by atoms with E-state index in [1.165, 1.54) is 16.5 Å². The van der Waals surface area contributed by atoms with E-state index >= 15 is 0 Å². The normalized spacial score (nSPS) is 30.0. The van der Waals surface area contributed by atoms with E-state index in [2.05, 4.69) is 29.3 Å². The van der Waals surface area contributed by atoms with E-state index in [0.717, 1.165) is 24.8 Å². The van der Waals surface area contributed by atoms with Gasteiger partial charge >= 0.3 is 12.1 Å². The molecule has 3 aliphatic rings. The molecule has 10 nitrogen and oxygen atoms in total. The van der Waals surface area contributed by atoms with Crippen molar-refractivity contribution < 1.29 is 33.8 Å². The van der Waals surface area contributed by atoms with Crippen LogP contribution in [0.1, 0.15) is 57.1 Å². The average Bonchev–Trinajstić information content (AvgIpc) is 3.45. The first-order valence-electron chi connectivity index (χ1n) is 13.8. The lowest BCUT2D eigenvalue weighted by molar-refractivity contribution is -0.145. The minimum atomic E-state index is -1.42. The summed E-state index contributed by atoms with van der Waals surface area (Å²) in [6.45, 7) is 7.99. The highest BCUT2D eigenvalue weighted by Crippen LogP contribution is 2.45. The topological polar surface area (TPSA) is 134 Å². The third-order valence-electron chi connectivity index (χ3n) is 7.90. The molecule has 0 radical (unpaired) electrons. The molecule has 1 saturated carbocycles. The summed E-state index contributed by atoms with van der Waals surface area (Å²) >= 11 is 0. The van der Waals surface area contributed by atoms with Crippen molar-refractivity contribution in [2.75, 3.05) is 13.2 Å². The predicted octanol–water partition coefficient (Wildman–Crippen LogP) is 2.80. The molecule has 1 aliphatic carbocycles. The Morgan fingerprint density at radius 1 is 1.23 bits per heavy atom. The standard InChI is InChI=1S/C29H39N3O7/c1-4-21-15-29(21,27(35)36)31-25(33)23-14-22-16-32(23)26(34)24(18(2)3)30-28(37)38-12-7-5-6-9-19-10-8-11-20(13-19)17-39-22/h4,8,10-11,13,18,21-24H,1,5-7,9,12,14-17H2,2-3H3,(H,30,37)(H,31,33)(H,35,36)/t21-,22+,23-,24-,29+/m0/s1. The molecule has 0 spiro atoms. The highest BCUT2D eigenvalue weighted by molar-refractivity contribution is 5.96. The average molecular weight is 542 g/mol. The van der Waals surface area contributed by atoms with Gasteiger partial charge in [0.2, 0.25) is 11.8 Å². The number of ether oxygens (including phenoxy) is 2. The Hall–Kier alpha value is -3.40. The number of carbonyl (C=O) groups is 4. The largest absolute Gasteiger partial charge is 0.479 e. The number of hydrogen-bond acceptors (Lipinski definition) is 6. The van der Waals surface area contributed by atoms with Crippen molar-refractivity contribution in [3.63, 3.8) is 0 Å². The summed E-state index contributed by atoms with van der Waals surface area (Å²) in [6, 6.07) is 6.28. The maximum absolute atomic E-state index is 13.8. The Balaban J connectivity index is 1.58. The number of carboxylic acid groups (broad SMARTS) is 1. The summed E-state index contributed by atoms with van der Waals surface area (Å²) in [5.74, 6) is -2.78. The van der Waals surface area contributed by atoms with Gasteiger partial charge < -0.3 is 30.1 Å². The van der Waals surface area contributed by atoms with E-state index in [1.54, 1.807) is 13.8 Å². The second kappa shape index (κ2) is 12.2.